The summed E-state index contributed by atoms with van der Waals surface area (Å²) in [6, 6.07) is -0.710. The standard InChI is InChI=1S/C58H109NO5/c1-4-7-10-13-16-19-22-25-27-29-32-34-37-40-43-46-49-54(64-58(63)51-48-45-42-39-36-31-24-21-18-15-12-9-6-3)52-57(62)59-55(53-60)56(61)50-47-44-41-38-35-33-30-28-26-23-20-17-14-11-8-5-2/h22,25,27,29,32,34,54-56,60-61H,4-21,23-24,26,28,30-31,33,35-53H2,1-3H3,(H,59,62)/b25-22+,29-27+,34-32+. The highest BCUT2D eigenvalue weighted by molar-refractivity contribution is 5.77. The monoisotopic (exact) mass is 900 g/mol. The molecule has 0 aliphatic rings. The molecule has 0 saturated carbocycles. The van der Waals surface area contributed by atoms with E-state index in [1.165, 1.54) is 180 Å². The van der Waals surface area contributed by atoms with Crippen LogP contribution < -0.4 is 5.32 Å². The van der Waals surface area contributed by atoms with Crippen molar-refractivity contribution in [3.05, 3.63) is 36.5 Å². The van der Waals surface area contributed by atoms with Crippen LogP contribution in [-0.4, -0.2) is 46.9 Å². The van der Waals surface area contributed by atoms with Crippen molar-refractivity contribution < 1.29 is 24.5 Å². The Morgan fingerprint density at radius 2 is 0.797 bits per heavy atom. The zero-order valence-electron chi connectivity index (χ0n) is 42.9. The lowest BCUT2D eigenvalue weighted by Gasteiger charge is -2.24. The molecule has 0 heterocycles. The second-order valence-electron chi connectivity index (χ2n) is 19.4. The van der Waals surface area contributed by atoms with Gasteiger partial charge in [0.25, 0.3) is 0 Å². The van der Waals surface area contributed by atoms with Gasteiger partial charge in [0.1, 0.15) is 6.10 Å². The molecule has 3 N–H and O–H groups in total. The lowest BCUT2D eigenvalue weighted by atomic mass is 10.0. The Hall–Kier alpha value is -1.92. The van der Waals surface area contributed by atoms with Crippen LogP contribution in [0, 0.1) is 0 Å². The number of rotatable bonds is 51. The molecule has 0 aliphatic carbocycles. The second-order valence-corrected chi connectivity index (χ2v) is 19.4. The first kappa shape index (κ1) is 62.1. The SMILES string of the molecule is CCCCCCC/C=C/C=C/C=C/CCCCCC(CC(=O)NC(CO)C(O)CCCCCCCCCCCCCCCCCC)OC(=O)CCCCCCCCCCCCCCC. The molecule has 0 rings (SSSR count). The number of unbranched alkanes of at least 4 members (excludes halogenated alkanes) is 35. The average Bonchev–Trinajstić information content (AvgIpc) is 3.29. The van der Waals surface area contributed by atoms with Crippen LogP contribution in [0.2, 0.25) is 0 Å². The van der Waals surface area contributed by atoms with Crippen molar-refractivity contribution >= 4 is 11.9 Å². The maximum atomic E-state index is 13.2. The molecule has 0 aromatic rings. The van der Waals surface area contributed by atoms with Crippen LogP contribution in [0.4, 0.5) is 0 Å². The van der Waals surface area contributed by atoms with Crippen LogP contribution in [0.5, 0.6) is 0 Å². The molecule has 0 fully saturated rings. The van der Waals surface area contributed by atoms with E-state index in [0.717, 1.165) is 70.6 Å². The van der Waals surface area contributed by atoms with Crippen molar-refractivity contribution in [3.63, 3.8) is 0 Å². The van der Waals surface area contributed by atoms with Crippen molar-refractivity contribution in [3.8, 4) is 0 Å². The first-order valence-electron chi connectivity index (χ1n) is 28.2. The van der Waals surface area contributed by atoms with Crippen LogP contribution in [-0.2, 0) is 14.3 Å². The van der Waals surface area contributed by atoms with Gasteiger partial charge in [-0.05, 0) is 51.4 Å². The highest BCUT2D eigenvalue weighted by atomic mass is 16.5. The van der Waals surface area contributed by atoms with Crippen molar-refractivity contribution in [1.29, 1.82) is 0 Å². The molecule has 0 aromatic carbocycles. The third-order valence-corrected chi connectivity index (χ3v) is 13.0. The Kier molecular flexibility index (Phi) is 50.5. The predicted molar refractivity (Wildman–Crippen MR) is 278 cm³/mol. The minimum atomic E-state index is -0.795. The van der Waals surface area contributed by atoms with Crippen LogP contribution in [0.3, 0.4) is 0 Å². The number of allylic oxidation sites excluding steroid dienone is 6. The molecule has 376 valence electrons. The predicted octanol–water partition coefficient (Wildman–Crippen LogP) is 17.2. The minimum Gasteiger partial charge on any atom is -0.462 e. The summed E-state index contributed by atoms with van der Waals surface area (Å²) >= 11 is 0. The van der Waals surface area contributed by atoms with E-state index in [2.05, 4.69) is 62.5 Å². The van der Waals surface area contributed by atoms with Gasteiger partial charge in [-0.25, -0.2) is 0 Å². The maximum absolute atomic E-state index is 13.2. The Bertz CT molecular complexity index is 1060. The molecule has 1 amide bonds. The van der Waals surface area contributed by atoms with E-state index in [4.69, 9.17) is 4.74 Å². The lowest BCUT2D eigenvalue weighted by molar-refractivity contribution is -0.151. The van der Waals surface area contributed by atoms with Crippen molar-refractivity contribution in [1.82, 2.24) is 5.32 Å². The van der Waals surface area contributed by atoms with E-state index >= 15 is 0 Å². The fraction of sp³-hybridized carbons (Fsp3) is 0.862. The average molecular weight is 901 g/mol. The lowest BCUT2D eigenvalue weighted by Crippen LogP contribution is -2.46. The molecule has 64 heavy (non-hydrogen) atoms. The number of carbonyl (C=O) groups is 2. The zero-order chi connectivity index (χ0) is 46.7. The van der Waals surface area contributed by atoms with Crippen molar-refractivity contribution in [2.24, 2.45) is 0 Å². The highest BCUT2D eigenvalue weighted by Gasteiger charge is 2.24. The smallest absolute Gasteiger partial charge is 0.306 e. The topological polar surface area (TPSA) is 95.9 Å². The van der Waals surface area contributed by atoms with E-state index < -0.39 is 18.2 Å². The minimum absolute atomic E-state index is 0.0591. The molecule has 0 aliphatic heterocycles. The first-order chi connectivity index (χ1) is 31.5. The highest BCUT2D eigenvalue weighted by Crippen LogP contribution is 2.18. The van der Waals surface area contributed by atoms with Gasteiger partial charge >= 0.3 is 5.97 Å². The summed E-state index contributed by atoms with van der Waals surface area (Å²) in [6.07, 6.45) is 62.0. The Morgan fingerprint density at radius 1 is 0.453 bits per heavy atom. The molecule has 6 nitrogen and oxygen atoms in total. The van der Waals surface area contributed by atoms with Gasteiger partial charge in [-0.2, -0.15) is 0 Å². The van der Waals surface area contributed by atoms with Crippen molar-refractivity contribution in [2.75, 3.05) is 6.61 Å². The molecule has 0 spiro atoms. The van der Waals surface area contributed by atoms with Crippen LogP contribution in [0.25, 0.3) is 0 Å². The molecule has 0 aromatic heterocycles. The van der Waals surface area contributed by atoms with Gasteiger partial charge in [0.15, 0.2) is 0 Å². The number of carbonyl (C=O) groups excluding carboxylic acids is 2. The fourth-order valence-corrected chi connectivity index (χ4v) is 8.73. The molecule has 6 heteroatoms. The number of esters is 1. The number of amides is 1. The number of hydrogen-bond donors (Lipinski definition) is 3. The second kappa shape index (κ2) is 52.1. The Morgan fingerprint density at radius 3 is 1.20 bits per heavy atom. The normalized spacial score (nSPS) is 13.4. The number of aliphatic hydroxyl groups is 2. The summed E-state index contributed by atoms with van der Waals surface area (Å²) in [4.78, 5) is 26.2. The third kappa shape index (κ3) is 46.6. The van der Waals surface area contributed by atoms with Gasteiger partial charge in [-0.3, -0.25) is 9.59 Å². The number of ether oxygens (including phenoxy) is 1. The quantitative estimate of drug-likeness (QED) is 0.0321. The van der Waals surface area contributed by atoms with Crippen LogP contribution >= 0.6 is 0 Å². The van der Waals surface area contributed by atoms with E-state index in [1.807, 2.05) is 0 Å². The van der Waals surface area contributed by atoms with Gasteiger partial charge < -0.3 is 20.3 Å². The Balaban J connectivity index is 4.59. The first-order valence-corrected chi connectivity index (χ1v) is 28.2. The van der Waals surface area contributed by atoms with Crippen molar-refractivity contribution in [2.45, 2.75) is 315 Å². The molecule has 0 radical (unpaired) electrons. The summed E-state index contributed by atoms with van der Waals surface area (Å²) in [6.45, 7) is 6.49. The molecular weight excluding hydrogens is 791 g/mol. The number of nitrogens with one attached hydrogen (secondary N) is 1. The van der Waals surface area contributed by atoms with Gasteiger partial charge in [-0.15, -0.1) is 0 Å². The van der Waals surface area contributed by atoms with Crippen LogP contribution in [0.1, 0.15) is 297 Å². The molecule has 3 unspecified atom stereocenters. The summed E-state index contributed by atoms with van der Waals surface area (Å²) < 4.78 is 5.94. The van der Waals surface area contributed by atoms with E-state index in [1.54, 1.807) is 0 Å². The summed E-state index contributed by atoms with van der Waals surface area (Å²) in [5, 5.41) is 23.9. The third-order valence-electron chi connectivity index (χ3n) is 13.0. The van der Waals surface area contributed by atoms with Crippen LogP contribution in [0.15, 0.2) is 36.5 Å². The summed E-state index contributed by atoms with van der Waals surface area (Å²) in [7, 11) is 0. The molecular formula is C58H109NO5. The number of hydrogen-bond acceptors (Lipinski definition) is 5. The molecule has 3 atom stereocenters. The molecule has 0 saturated heterocycles. The zero-order valence-corrected chi connectivity index (χ0v) is 42.9. The van der Waals surface area contributed by atoms with E-state index in [-0.39, 0.29) is 24.9 Å². The van der Waals surface area contributed by atoms with Gasteiger partial charge in [0.05, 0.1) is 25.2 Å². The van der Waals surface area contributed by atoms with Gasteiger partial charge in [-0.1, -0.05) is 269 Å². The van der Waals surface area contributed by atoms with Gasteiger partial charge in [0, 0.05) is 6.42 Å². The van der Waals surface area contributed by atoms with E-state index in [0.29, 0.717) is 19.3 Å². The van der Waals surface area contributed by atoms with Gasteiger partial charge in [0.2, 0.25) is 5.91 Å². The Labute approximate surface area is 398 Å². The fourth-order valence-electron chi connectivity index (χ4n) is 8.73. The largest absolute Gasteiger partial charge is 0.462 e. The maximum Gasteiger partial charge on any atom is 0.306 e. The number of aliphatic hydroxyl groups excluding tert-OH is 2. The summed E-state index contributed by atoms with van der Waals surface area (Å²) in [5.74, 6) is -0.493. The summed E-state index contributed by atoms with van der Waals surface area (Å²) in [5.41, 5.74) is 0. The van der Waals surface area contributed by atoms with E-state index in [9.17, 15) is 19.8 Å². The molecule has 0 bridgehead atoms.